The minimum Gasteiger partial charge on any atom is -0.495 e. The van der Waals surface area contributed by atoms with Gasteiger partial charge in [0.25, 0.3) is 11.8 Å². The van der Waals surface area contributed by atoms with Crippen LogP contribution in [0.5, 0.6) is 5.75 Å². The first-order valence-electron chi connectivity index (χ1n) is 12.2. The van der Waals surface area contributed by atoms with E-state index in [1.165, 1.54) is 25.4 Å². The van der Waals surface area contributed by atoms with Crippen LogP contribution in [0.3, 0.4) is 0 Å². The summed E-state index contributed by atoms with van der Waals surface area (Å²) >= 11 is 0. The molecule has 0 radical (unpaired) electrons. The summed E-state index contributed by atoms with van der Waals surface area (Å²) in [5, 5.41) is 21.8. The zero-order valence-corrected chi connectivity index (χ0v) is 22.0. The normalized spacial score (nSPS) is 14.2. The largest absolute Gasteiger partial charge is 0.495 e. The van der Waals surface area contributed by atoms with Crippen molar-refractivity contribution >= 4 is 40.9 Å². The summed E-state index contributed by atoms with van der Waals surface area (Å²) in [6, 6.07) is 5.00. The van der Waals surface area contributed by atoms with Crippen LogP contribution in [-0.2, 0) is 4.79 Å². The van der Waals surface area contributed by atoms with E-state index in [1.54, 1.807) is 35.0 Å². The van der Waals surface area contributed by atoms with Crippen LogP contribution in [0.2, 0.25) is 0 Å². The smallest absolute Gasteiger partial charge is 0.254 e. The third-order valence-electron chi connectivity index (χ3n) is 6.29. The van der Waals surface area contributed by atoms with E-state index in [2.05, 4.69) is 37.6 Å². The van der Waals surface area contributed by atoms with Gasteiger partial charge in [0, 0.05) is 31.0 Å². The maximum atomic E-state index is 12.3. The summed E-state index contributed by atoms with van der Waals surface area (Å²) in [5.41, 5.74) is 7.58. The fourth-order valence-corrected chi connectivity index (χ4v) is 4.28. The first-order valence-corrected chi connectivity index (χ1v) is 12.2. The van der Waals surface area contributed by atoms with Crippen LogP contribution in [0.1, 0.15) is 38.7 Å². The van der Waals surface area contributed by atoms with Crippen molar-refractivity contribution in [1.29, 1.82) is 5.26 Å². The van der Waals surface area contributed by atoms with Gasteiger partial charge in [-0.05, 0) is 37.1 Å². The number of hydrogen-bond donors (Lipinski definition) is 4. The zero-order chi connectivity index (χ0) is 28.8. The highest BCUT2D eigenvalue weighted by Crippen LogP contribution is 2.33. The van der Waals surface area contributed by atoms with Gasteiger partial charge in [0.2, 0.25) is 11.9 Å². The Morgan fingerprint density at radius 3 is 2.80 bits per heavy atom. The standard InChI is InChI=1S/C26H28N10O4/c1-4-21(37)35-8-5-18(14-35)36-13-17(11-31-36)32-26-30-12-19(23(28)38)24(34-26)33-22-15(2)9-16(10-20(22)40-3)25(39)29-7-6-27/h4,9-13,18H,1,5,7-8,14H2,2-3H3,(H2,28,38)(H,29,39)(H2,30,32,33,34)/t18-/m0/s1. The number of rotatable bonds is 10. The van der Waals surface area contributed by atoms with Gasteiger partial charge in [0.05, 0.1) is 36.8 Å². The van der Waals surface area contributed by atoms with E-state index in [0.717, 1.165) is 6.42 Å². The fraction of sp³-hybridized carbons (Fsp3) is 0.269. The molecule has 3 heterocycles. The molecule has 4 rings (SSSR count). The Kier molecular flexibility index (Phi) is 8.24. The molecule has 14 nitrogen and oxygen atoms in total. The van der Waals surface area contributed by atoms with Gasteiger partial charge in [-0.1, -0.05) is 6.58 Å². The van der Waals surface area contributed by atoms with Gasteiger partial charge in [-0.15, -0.1) is 0 Å². The Balaban J connectivity index is 1.56. The molecule has 1 fully saturated rings. The van der Waals surface area contributed by atoms with Crippen molar-refractivity contribution in [3.63, 3.8) is 0 Å². The molecule has 3 aromatic rings. The number of nitrogens with two attached hydrogens (primary N) is 1. The summed E-state index contributed by atoms with van der Waals surface area (Å²) in [7, 11) is 1.44. The van der Waals surface area contributed by atoms with Gasteiger partial charge in [0.1, 0.15) is 23.7 Å². The number of likely N-dealkylation sites (tertiary alicyclic amines) is 1. The van der Waals surface area contributed by atoms with E-state index in [9.17, 15) is 14.4 Å². The van der Waals surface area contributed by atoms with Crippen molar-refractivity contribution in [2.24, 2.45) is 5.73 Å². The van der Waals surface area contributed by atoms with E-state index in [-0.39, 0.29) is 35.8 Å². The summed E-state index contributed by atoms with van der Waals surface area (Å²) < 4.78 is 7.25. The molecule has 1 aromatic carbocycles. The fourth-order valence-electron chi connectivity index (χ4n) is 4.28. The first-order chi connectivity index (χ1) is 19.2. The Labute approximate surface area is 229 Å². The first kappa shape index (κ1) is 27.6. The van der Waals surface area contributed by atoms with E-state index in [4.69, 9.17) is 15.7 Å². The number of amides is 3. The van der Waals surface area contributed by atoms with Crippen molar-refractivity contribution in [2.75, 3.05) is 37.4 Å². The number of aromatic nitrogens is 4. The molecular weight excluding hydrogens is 516 g/mol. The molecule has 0 unspecified atom stereocenters. The van der Waals surface area contributed by atoms with Crippen molar-refractivity contribution in [1.82, 2.24) is 30.0 Å². The molecule has 5 N–H and O–H groups in total. The number of carbonyl (C=O) groups excluding carboxylic acids is 3. The molecule has 1 aliphatic heterocycles. The highest BCUT2D eigenvalue weighted by molar-refractivity contribution is 5.99. The second-order valence-corrected chi connectivity index (χ2v) is 8.92. The molecule has 40 heavy (non-hydrogen) atoms. The second-order valence-electron chi connectivity index (χ2n) is 8.92. The molecule has 0 bridgehead atoms. The van der Waals surface area contributed by atoms with Crippen molar-refractivity contribution in [2.45, 2.75) is 19.4 Å². The van der Waals surface area contributed by atoms with E-state index >= 15 is 0 Å². The van der Waals surface area contributed by atoms with Crippen molar-refractivity contribution in [3.8, 4) is 11.8 Å². The number of nitrogens with one attached hydrogen (secondary N) is 3. The molecule has 0 spiro atoms. The lowest BCUT2D eigenvalue weighted by molar-refractivity contribution is -0.125. The lowest BCUT2D eigenvalue weighted by Gasteiger charge is -2.17. The highest BCUT2D eigenvalue weighted by atomic mass is 16.5. The molecule has 1 atom stereocenters. The van der Waals surface area contributed by atoms with Crippen LogP contribution < -0.4 is 26.4 Å². The monoisotopic (exact) mass is 544 g/mol. The number of nitriles is 1. The third-order valence-corrected chi connectivity index (χ3v) is 6.29. The molecule has 206 valence electrons. The second kappa shape index (κ2) is 11.9. The Hall–Kier alpha value is -5.45. The number of ether oxygens (including phenoxy) is 1. The number of methoxy groups -OCH3 is 1. The average molecular weight is 545 g/mol. The molecule has 0 saturated carbocycles. The quantitative estimate of drug-likeness (QED) is 0.216. The topological polar surface area (TPSA) is 193 Å². The summed E-state index contributed by atoms with van der Waals surface area (Å²) in [5.74, 6) is -0.682. The lowest BCUT2D eigenvalue weighted by Crippen LogP contribution is -2.27. The summed E-state index contributed by atoms with van der Waals surface area (Å²) in [4.78, 5) is 46.7. The van der Waals surface area contributed by atoms with Crippen molar-refractivity contribution < 1.29 is 19.1 Å². The Bertz CT molecular complexity index is 1510. The van der Waals surface area contributed by atoms with Crippen LogP contribution in [0.4, 0.5) is 23.1 Å². The molecule has 1 saturated heterocycles. The number of primary amides is 1. The highest BCUT2D eigenvalue weighted by Gasteiger charge is 2.27. The van der Waals surface area contributed by atoms with E-state index in [0.29, 0.717) is 41.3 Å². The van der Waals surface area contributed by atoms with Crippen LogP contribution in [0.15, 0.2) is 43.4 Å². The van der Waals surface area contributed by atoms with E-state index in [1.807, 2.05) is 6.07 Å². The molecule has 2 aromatic heterocycles. The zero-order valence-electron chi connectivity index (χ0n) is 22.0. The predicted octanol–water partition coefficient (Wildman–Crippen LogP) is 1.79. The molecule has 1 aliphatic rings. The predicted molar refractivity (Wildman–Crippen MR) is 145 cm³/mol. The maximum Gasteiger partial charge on any atom is 0.254 e. The minimum atomic E-state index is -0.745. The number of carbonyl (C=O) groups is 3. The lowest BCUT2D eigenvalue weighted by atomic mass is 10.1. The minimum absolute atomic E-state index is 0.0234. The number of aryl methyl sites for hydroxylation is 1. The molecule has 14 heteroatoms. The molecule has 3 amide bonds. The van der Waals surface area contributed by atoms with Gasteiger partial charge < -0.3 is 31.3 Å². The van der Waals surface area contributed by atoms with Gasteiger partial charge in [-0.25, -0.2) is 4.98 Å². The molecular formula is C26H28N10O4. The third kappa shape index (κ3) is 5.99. The van der Waals surface area contributed by atoms with Gasteiger partial charge in [-0.2, -0.15) is 15.3 Å². The van der Waals surface area contributed by atoms with Gasteiger partial charge in [0.15, 0.2) is 0 Å². The summed E-state index contributed by atoms with van der Waals surface area (Å²) in [6.07, 6.45) is 6.76. The van der Waals surface area contributed by atoms with Crippen LogP contribution in [0, 0.1) is 18.3 Å². The van der Waals surface area contributed by atoms with Gasteiger partial charge in [-0.3, -0.25) is 19.1 Å². The molecule has 0 aliphatic carbocycles. The van der Waals surface area contributed by atoms with E-state index < -0.39 is 11.8 Å². The average Bonchev–Trinajstić information content (AvgIpc) is 3.62. The number of hydrogen-bond acceptors (Lipinski definition) is 10. The SMILES string of the molecule is C=CC(=O)N1CC[C@H](n2cc(Nc3ncc(C(N)=O)c(Nc4c(C)cc(C(=O)NCC#N)cc4OC)n3)cn2)C1. The number of nitrogens with zero attached hydrogens (tertiary/aromatic N) is 6. The Morgan fingerprint density at radius 2 is 2.10 bits per heavy atom. The Morgan fingerprint density at radius 1 is 1.30 bits per heavy atom. The van der Waals surface area contributed by atoms with Crippen LogP contribution in [0.25, 0.3) is 0 Å². The summed E-state index contributed by atoms with van der Waals surface area (Å²) in [6.45, 7) is 6.31. The van der Waals surface area contributed by atoms with Crippen LogP contribution >= 0.6 is 0 Å². The maximum absolute atomic E-state index is 12.3. The van der Waals surface area contributed by atoms with Gasteiger partial charge >= 0.3 is 0 Å². The van der Waals surface area contributed by atoms with Crippen molar-refractivity contribution in [3.05, 3.63) is 60.1 Å². The number of benzene rings is 1. The van der Waals surface area contributed by atoms with Crippen LogP contribution in [-0.4, -0.2) is 69.1 Å². The number of anilines is 4.